The highest BCUT2D eigenvalue weighted by Crippen LogP contribution is 1.97. The highest BCUT2D eigenvalue weighted by molar-refractivity contribution is 5.62. The van der Waals surface area contributed by atoms with Gasteiger partial charge < -0.3 is 25.4 Å². The van der Waals surface area contributed by atoms with Crippen molar-refractivity contribution in [2.45, 2.75) is 19.3 Å². The van der Waals surface area contributed by atoms with E-state index in [-0.39, 0.29) is 6.42 Å². The van der Waals surface area contributed by atoms with Crippen molar-refractivity contribution in [3.63, 3.8) is 0 Å². The van der Waals surface area contributed by atoms with E-state index in [9.17, 15) is 9.90 Å². The van der Waals surface area contributed by atoms with Crippen LogP contribution in [0, 0.1) is 0 Å². The van der Waals surface area contributed by atoms with E-state index in [1.807, 2.05) is 0 Å². The van der Waals surface area contributed by atoms with Gasteiger partial charge in [0.05, 0.1) is 0 Å². The smallest absolute Gasteiger partial charge is 0.244 e. The van der Waals surface area contributed by atoms with Gasteiger partial charge in [0.25, 0.3) is 0 Å². The fraction of sp³-hybridized carbons (Fsp3) is 0.750. The molecule has 1 amide bonds. The molecule has 0 radical (unpaired) electrons. The summed E-state index contributed by atoms with van der Waals surface area (Å²) in [6, 6.07) is 0. The maximum Gasteiger partial charge on any atom is 0.244 e. The molecule has 3 N–H and O–H groups in total. The Hall–Kier alpha value is -0.810. The van der Waals surface area contributed by atoms with Gasteiger partial charge in [-0.3, -0.25) is 0 Å². The minimum absolute atomic E-state index is 0.124. The molecule has 0 spiro atoms. The molecule has 0 bridgehead atoms. The minimum Gasteiger partial charge on any atom is -0.530 e. The van der Waals surface area contributed by atoms with E-state index in [0.717, 1.165) is 0 Å². The predicted molar refractivity (Wildman–Crippen MR) is 26.0 cm³/mol. The van der Waals surface area contributed by atoms with Crippen LogP contribution in [-0.2, 0) is 0 Å². The van der Waals surface area contributed by atoms with Crippen molar-refractivity contribution in [3.05, 3.63) is 0 Å². The maximum absolute atomic E-state index is 9.63. The molecule has 5 nitrogen and oxygen atoms in total. The van der Waals surface area contributed by atoms with E-state index < -0.39 is 12.0 Å². The summed E-state index contributed by atoms with van der Waals surface area (Å²) < 4.78 is 0. The molecule has 0 aromatic rings. The summed E-state index contributed by atoms with van der Waals surface area (Å²) in [4.78, 5) is 9.63. The van der Waals surface area contributed by atoms with Gasteiger partial charge in [0.1, 0.15) is 6.09 Å². The molecule has 0 aromatic heterocycles. The molecule has 0 saturated heterocycles. The van der Waals surface area contributed by atoms with Crippen molar-refractivity contribution < 1.29 is 20.1 Å². The average molecular weight is 134 g/mol. The van der Waals surface area contributed by atoms with E-state index in [2.05, 4.69) is 0 Å². The van der Waals surface area contributed by atoms with Gasteiger partial charge in [-0.15, -0.1) is 0 Å². The van der Waals surface area contributed by atoms with Gasteiger partial charge in [-0.2, -0.15) is 0 Å². The van der Waals surface area contributed by atoms with E-state index in [4.69, 9.17) is 10.2 Å². The first-order valence-electron chi connectivity index (χ1n) is 2.42. The summed E-state index contributed by atoms with van der Waals surface area (Å²) in [5.41, 5.74) is 0. The summed E-state index contributed by atoms with van der Waals surface area (Å²) in [6.45, 7) is 1.41. The summed E-state index contributed by atoms with van der Waals surface area (Å²) in [5, 5.41) is 28.1. The fourth-order valence-corrected chi connectivity index (χ4v) is 0.252. The Morgan fingerprint density at radius 2 is 2.22 bits per heavy atom. The van der Waals surface area contributed by atoms with Crippen molar-refractivity contribution in [2.24, 2.45) is 0 Å². The van der Waals surface area contributed by atoms with Crippen molar-refractivity contribution in [2.75, 3.05) is 0 Å². The number of carbonyl (C=O) groups is 1. The minimum atomic E-state index is -2.35. The van der Waals surface area contributed by atoms with E-state index in [1.54, 1.807) is 0 Å². The lowest BCUT2D eigenvalue weighted by Crippen LogP contribution is -2.52. The second-order valence-electron chi connectivity index (χ2n) is 1.58. The number of rotatable bonds is 2. The van der Waals surface area contributed by atoms with Crippen molar-refractivity contribution in [1.82, 2.24) is 5.32 Å². The van der Waals surface area contributed by atoms with Gasteiger partial charge in [-0.25, -0.2) is 0 Å². The average Bonchev–Trinajstić information content (AvgIpc) is 1.63. The third-order valence-corrected chi connectivity index (χ3v) is 0.795. The molecule has 5 heteroatoms. The summed E-state index contributed by atoms with van der Waals surface area (Å²) in [5.74, 6) is -2.35. The Kier molecular flexibility index (Phi) is 2.41. The molecule has 0 heterocycles. The molecule has 9 heavy (non-hydrogen) atoms. The Morgan fingerprint density at radius 3 is 2.33 bits per heavy atom. The van der Waals surface area contributed by atoms with Crippen LogP contribution in [0.25, 0.3) is 0 Å². The van der Waals surface area contributed by atoms with Crippen LogP contribution < -0.4 is 10.4 Å². The summed E-state index contributed by atoms with van der Waals surface area (Å²) in [7, 11) is 0. The van der Waals surface area contributed by atoms with Crippen LogP contribution in [0.15, 0.2) is 0 Å². The Bertz CT molecular complexity index is 111. The lowest BCUT2D eigenvalue weighted by atomic mass is 10.4. The molecule has 0 aromatic carbocycles. The van der Waals surface area contributed by atoms with Crippen molar-refractivity contribution in [1.29, 1.82) is 0 Å². The molecule has 0 aliphatic rings. The first-order valence-corrected chi connectivity index (χ1v) is 2.42. The zero-order chi connectivity index (χ0) is 7.49. The van der Waals surface area contributed by atoms with E-state index >= 15 is 0 Å². The number of hydrogen-bond acceptors (Lipinski definition) is 4. The van der Waals surface area contributed by atoms with Gasteiger partial charge in [-0.1, -0.05) is 6.92 Å². The molecule has 0 fully saturated rings. The number of nitrogens with one attached hydrogen (secondary N) is 1. The number of amides is 1. The zero-order valence-corrected chi connectivity index (χ0v) is 4.92. The molecule has 0 unspecified atom stereocenters. The predicted octanol–water partition coefficient (Wildman–Crippen LogP) is -2.03. The number of carbonyl (C=O) groups excluding carboxylic acids is 1. The molecule has 0 saturated carbocycles. The van der Waals surface area contributed by atoms with Crippen LogP contribution in [0.1, 0.15) is 13.3 Å². The molecule has 54 valence electrons. The van der Waals surface area contributed by atoms with Gasteiger partial charge >= 0.3 is 0 Å². The SMILES string of the molecule is CCC(O)(O)NC(=O)[O-]. The number of carboxylic acid groups (broad SMARTS) is 1. The quantitative estimate of drug-likeness (QED) is 0.379. The van der Waals surface area contributed by atoms with Gasteiger partial charge in [-0.05, 0) is 0 Å². The van der Waals surface area contributed by atoms with Crippen molar-refractivity contribution >= 4 is 6.09 Å². The summed E-state index contributed by atoms with van der Waals surface area (Å²) >= 11 is 0. The molecular weight excluding hydrogens is 126 g/mol. The lowest BCUT2D eigenvalue weighted by Gasteiger charge is -2.21. The molecular formula is C4H8NO4-. The number of hydrogen-bond donors (Lipinski definition) is 3. The second kappa shape index (κ2) is 2.65. The monoisotopic (exact) mass is 134 g/mol. The van der Waals surface area contributed by atoms with Crippen LogP contribution in [0.2, 0.25) is 0 Å². The highest BCUT2D eigenvalue weighted by Gasteiger charge is 2.18. The third kappa shape index (κ3) is 3.75. The van der Waals surface area contributed by atoms with Gasteiger partial charge in [0.15, 0.2) is 0 Å². The fourth-order valence-electron chi connectivity index (χ4n) is 0.252. The van der Waals surface area contributed by atoms with Gasteiger partial charge in [0, 0.05) is 6.42 Å². The number of aliphatic hydroxyl groups is 2. The Balaban J connectivity index is 3.71. The van der Waals surface area contributed by atoms with Crippen LogP contribution in [0.5, 0.6) is 0 Å². The largest absolute Gasteiger partial charge is 0.530 e. The van der Waals surface area contributed by atoms with Crippen LogP contribution in [0.3, 0.4) is 0 Å². The first kappa shape index (κ1) is 8.19. The van der Waals surface area contributed by atoms with E-state index in [1.165, 1.54) is 12.2 Å². The Labute approximate surface area is 51.9 Å². The van der Waals surface area contributed by atoms with Crippen LogP contribution in [0.4, 0.5) is 4.79 Å². The first-order chi connectivity index (χ1) is 3.98. The normalized spacial score (nSPS) is 11.0. The second-order valence-corrected chi connectivity index (χ2v) is 1.58. The van der Waals surface area contributed by atoms with Gasteiger partial charge in [0.2, 0.25) is 5.91 Å². The van der Waals surface area contributed by atoms with E-state index in [0.29, 0.717) is 0 Å². The molecule has 0 atom stereocenters. The Morgan fingerprint density at radius 1 is 1.78 bits per heavy atom. The lowest BCUT2D eigenvalue weighted by molar-refractivity contribution is -0.272. The highest BCUT2D eigenvalue weighted by atomic mass is 16.5. The standard InChI is InChI=1S/C4H9NO4/c1-2-4(8,9)5-3(6)7/h5,8-9H,2H2,1H3,(H,6,7)/p-1. The maximum atomic E-state index is 9.63. The molecule has 0 aliphatic carbocycles. The van der Waals surface area contributed by atoms with Crippen LogP contribution >= 0.6 is 0 Å². The zero-order valence-electron chi connectivity index (χ0n) is 4.92. The van der Waals surface area contributed by atoms with Crippen LogP contribution in [-0.4, -0.2) is 22.2 Å². The van der Waals surface area contributed by atoms with Crippen molar-refractivity contribution in [3.8, 4) is 0 Å². The third-order valence-electron chi connectivity index (χ3n) is 0.795. The topological polar surface area (TPSA) is 92.6 Å². The molecule has 0 rings (SSSR count). The summed E-state index contributed by atoms with van der Waals surface area (Å²) in [6.07, 6.45) is -1.83. The molecule has 0 aliphatic heterocycles.